The maximum atomic E-state index is 12.7. The van der Waals surface area contributed by atoms with E-state index < -0.39 is 10.0 Å². The summed E-state index contributed by atoms with van der Waals surface area (Å²) in [5.41, 5.74) is 2.25. The molecule has 2 rings (SSSR count). The molecule has 0 heterocycles. The lowest BCUT2D eigenvalue weighted by molar-refractivity contribution is -0.114. The monoisotopic (exact) mass is 364 g/mol. The largest absolute Gasteiger partial charge is 0.326 e. The minimum Gasteiger partial charge on any atom is -0.326 e. The summed E-state index contributed by atoms with van der Waals surface area (Å²) in [6, 6.07) is 10.5. The highest BCUT2D eigenvalue weighted by atomic mass is 32.2. The molecule has 0 bridgehead atoms. The zero-order chi connectivity index (χ0) is 17.9. The van der Waals surface area contributed by atoms with Crippen LogP contribution >= 0.6 is 11.8 Å². The summed E-state index contributed by atoms with van der Waals surface area (Å²) in [5.74, 6) is -0.198. The van der Waals surface area contributed by atoms with Gasteiger partial charge < -0.3 is 5.32 Å². The third-order valence-corrected chi connectivity index (χ3v) is 5.82. The van der Waals surface area contributed by atoms with Crippen LogP contribution in [0.2, 0.25) is 0 Å². The van der Waals surface area contributed by atoms with E-state index in [0.717, 1.165) is 4.90 Å². The molecule has 0 aliphatic rings. The van der Waals surface area contributed by atoms with E-state index in [2.05, 4.69) is 10.0 Å². The Balaban J connectivity index is 2.36. The molecule has 0 atom stereocenters. The minimum atomic E-state index is -3.71. The fourth-order valence-corrected chi connectivity index (χ4v) is 4.44. The smallest absolute Gasteiger partial charge is 0.262 e. The van der Waals surface area contributed by atoms with Crippen LogP contribution in [0.3, 0.4) is 0 Å². The van der Waals surface area contributed by atoms with Gasteiger partial charge in [0.15, 0.2) is 0 Å². The van der Waals surface area contributed by atoms with Crippen LogP contribution in [0.1, 0.15) is 18.1 Å². The predicted octanol–water partition coefficient (Wildman–Crippen LogP) is 3.78. The molecule has 2 aromatic rings. The summed E-state index contributed by atoms with van der Waals surface area (Å²) in [6.45, 7) is 4.84. The van der Waals surface area contributed by atoms with Gasteiger partial charge in [0.2, 0.25) is 5.91 Å². The molecule has 0 unspecified atom stereocenters. The van der Waals surface area contributed by atoms with Crippen molar-refractivity contribution in [2.24, 2.45) is 0 Å². The first-order chi connectivity index (χ1) is 11.2. The molecular weight excluding hydrogens is 344 g/mol. The van der Waals surface area contributed by atoms with E-state index in [0.29, 0.717) is 22.5 Å². The number of amides is 1. The van der Waals surface area contributed by atoms with Crippen molar-refractivity contribution in [3.8, 4) is 0 Å². The van der Waals surface area contributed by atoms with Crippen molar-refractivity contribution in [3.05, 3.63) is 47.5 Å². The van der Waals surface area contributed by atoms with Crippen molar-refractivity contribution in [3.63, 3.8) is 0 Å². The van der Waals surface area contributed by atoms with E-state index in [1.54, 1.807) is 49.9 Å². The van der Waals surface area contributed by atoms with Crippen LogP contribution in [0.25, 0.3) is 0 Å². The highest BCUT2D eigenvalue weighted by Gasteiger charge is 2.20. The molecule has 24 heavy (non-hydrogen) atoms. The number of hydrogen-bond donors (Lipinski definition) is 2. The van der Waals surface area contributed by atoms with E-state index in [9.17, 15) is 13.2 Å². The first-order valence-corrected chi connectivity index (χ1v) is 9.99. The molecule has 2 aromatic carbocycles. The minimum absolute atomic E-state index is 0.198. The standard InChI is InChI=1S/C17H20N2O3S2/c1-11-9-15(18-13(3)20)10-12(2)17(11)24(21,22)19-14-5-7-16(23-4)8-6-14/h5-10,19H,1-4H3,(H,18,20). The van der Waals surface area contributed by atoms with Gasteiger partial charge in [-0.15, -0.1) is 11.8 Å². The topological polar surface area (TPSA) is 75.3 Å². The molecule has 0 aliphatic carbocycles. The summed E-state index contributed by atoms with van der Waals surface area (Å²) < 4.78 is 28.1. The Labute approximate surface area is 146 Å². The fourth-order valence-electron chi connectivity index (χ4n) is 2.51. The molecular formula is C17H20N2O3S2. The van der Waals surface area contributed by atoms with Crippen LogP contribution in [-0.2, 0) is 14.8 Å². The summed E-state index contributed by atoms with van der Waals surface area (Å²) in [4.78, 5) is 12.5. The molecule has 0 saturated heterocycles. The number of carbonyl (C=O) groups excluding carboxylic acids is 1. The number of thioether (sulfide) groups is 1. The van der Waals surface area contributed by atoms with Gasteiger partial charge in [-0.05, 0) is 67.6 Å². The Morgan fingerprint density at radius 1 is 1.00 bits per heavy atom. The van der Waals surface area contributed by atoms with Crippen molar-refractivity contribution in [1.82, 2.24) is 0 Å². The van der Waals surface area contributed by atoms with Gasteiger partial charge in [0.25, 0.3) is 10.0 Å². The highest BCUT2D eigenvalue weighted by molar-refractivity contribution is 7.98. The van der Waals surface area contributed by atoms with Gasteiger partial charge in [0.05, 0.1) is 4.90 Å². The van der Waals surface area contributed by atoms with Crippen LogP contribution in [-0.4, -0.2) is 20.6 Å². The van der Waals surface area contributed by atoms with Crippen molar-refractivity contribution < 1.29 is 13.2 Å². The summed E-state index contributed by atoms with van der Waals surface area (Å²) in [5, 5.41) is 2.67. The van der Waals surface area contributed by atoms with Crippen molar-refractivity contribution in [1.29, 1.82) is 0 Å². The first-order valence-electron chi connectivity index (χ1n) is 7.28. The van der Waals surface area contributed by atoms with Crippen molar-refractivity contribution in [2.45, 2.75) is 30.6 Å². The first kappa shape index (κ1) is 18.4. The lowest BCUT2D eigenvalue weighted by Crippen LogP contribution is -2.16. The number of aryl methyl sites for hydroxylation is 2. The number of rotatable bonds is 5. The Morgan fingerprint density at radius 2 is 1.54 bits per heavy atom. The Bertz CT molecular complexity index is 837. The van der Waals surface area contributed by atoms with Gasteiger partial charge in [0, 0.05) is 23.2 Å². The fraction of sp³-hybridized carbons (Fsp3) is 0.235. The summed E-state index contributed by atoms with van der Waals surface area (Å²) in [6.07, 6.45) is 1.96. The van der Waals surface area contributed by atoms with E-state index in [1.807, 2.05) is 18.4 Å². The Kier molecular flexibility index (Phi) is 5.56. The summed E-state index contributed by atoms with van der Waals surface area (Å²) in [7, 11) is -3.71. The molecule has 5 nitrogen and oxygen atoms in total. The van der Waals surface area contributed by atoms with E-state index in [4.69, 9.17) is 0 Å². The van der Waals surface area contributed by atoms with Crippen LogP contribution in [0.4, 0.5) is 11.4 Å². The average Bonchev–Trinajstić information content (AvgIpc) is 2.45. The molecule has 0 aromatic heterocycles. The second-order valence-electron chi connectivity index (χ2n) is 5.45. The van der Waals surface area contributed by atoms with Crippen molar-refractivity contribution in [2.75, 3.05) is 16.3 Å². The number of anilines is 2. The van der Waals surface area contributed by atoms with Crippen LogP contribution in [0.15, 0.2) is 46.2 Å². The second-order valence-corrected chi connectivity index (χ2v) is 7.95. The molecule has 0 aliphatic heterocycles. The van der Waals surface area contributed by atoms with Crippen LogP contribution in [0, 0.1) is 13.8 Å². The van der Waals surface area contributed by atoms with Gasteiger partial charge in [-0.3, -0.25) is 9.52 Å². The average molecular weight is 364 g/mol. The van der Waals surface area contributed by atoms with Gasteiger partial charge in [-0.1, -0.05) is 0 Å². The normalized spacial score (nSPS) is 11.2. The van der Waals surface area contributed by atoms with Gasteiger partial charge in [-0.25, -0.2) is 8.42 Å². The second kappa shape index (κ2) is 7.27. The quantitative estimate of drug-likeness (QED) is 0.792. The van der Waals surface area contributed by atoms with Gasteiger partial charge in [0.1, 0.15) is 0 Å². The SMILES string of the molecule is CSc1ccc(NS(=O)(=O)c2c(C)cc(NC(C)=O)cc2C)cc1. The molecule has 7 heteroatoms. The number of nitrogens with one attached hydrogen (secondary N) is 2. The predicted molar refractivity (Wildman–Crippen MR) is 99.3 cm³/mol. The van der Waals surface area contributed by atoms with Crippen LogP contribution < -0.4 is 10.0 Å². The lowest BCUT2D eigenvalue weighted by Gasteiger charge is -2.15. The van der Waals surface area contributed by atoms with E-state index >= 15 is 0 Å². The van der Waals surface area contributed by atoms with Crippen LogP contribution in [0.5, 0.6) is 0 Å². The number of carbonyl (C=O) groups is 1. The van der Waals surface area contributed by atoms with E-state index in [-0.39, 0.29) is 10.8 Å². The van der Waals surface area contributed by atoms with E-state index in [1.165, 1.54) is 6.92 Å². The maximum absolute atomic E-state index is 12.7. The molecule has 0 spiro atoms. The zero-order valence-electron chi connectivity index (χ0n) is 14.0. The molecule has 1 amide bonds. The van der Waals surface area contributed by atoms with Gasteiger partial charge in [-0.2, -0.15) is 0 Å². The Morgan fingerprint density at radius 3 is 2.00 bits per heavy atom. The molecule has 2 N–H and O–H groups in total. The highest BCUT2D eigenvalue weighted by Crippen LogP contribution is 2.27. The Hall–Kier alpha value is -1.99. The van der Waals surface area contributed by atoms with Crippen molar-refractivity contribution >= 4 is 39.1 Å². The lowest BCUT2D eigenvalue weighted by atomic mass is 10.1. The number of hydrogen-bond acceptors (Lipinski definition) is 4. The maximum Gasteiger partial charge on any atom is 0.262 e. The molecule has 0 saturated carbocycles. The molecule has 128 valence electrons. The van der Waals surface area contributed by atoms with Gasteiger partial charge >= 0.3 is 0 Å². The summed E-state index contributed by atoms with van der Waals surface area (Å²) >= 11 is 1.59. The number of benzene rings is 2. The number of sulfonamides is 1. The zero-order valence-corrected chi connectivity index (χ0v) is 15.6. The molecule has 0 radical (unpaired) electrons. The molecule has 0 fully saturated rings. The third-order valence-electron chi connectivity index (χ3n) is 3.39. The third kappa shape index (κ3) is 4.30.